The minimum Gasteiger partial charge on any atom is -0.480 e. The molecule has 2 aliphatic rings. The number of carboxylic acids is 1. The predicted molar refractivity (Wildman–Crippen MR) is 108 cm³/mol. The number of carbonyl (C=O) groups is 4. The molecule has 0 radical (unpaired) electrons. The van der Waals surface area contributed by atoms with Crippen LogP contribution in [0.3, 0.4) is 0 Å². The summed E-state index contributed by atoms with van der Waals surface area (Å²) in [7, 11) is 0. The quantitative estimate of drug-likeness (QED) is 0.459. The van der Waals surface area contributed by atoms with Crippen molar-refractivity contribution in [3.05, 3.63) is 35.9 Å². The van der Waals surface area contributed by atoms with Gasteiger partial charge in [-0.15, -0.1) is 0 Å². The third kappa shape index (κ3) is 5.56. The summed E-state index contributed by atoms with van der Waals surface area (Å²) in [5, 5.41) is 17.7. The molecular weight excluding hydrogens is 388 g/mol. The fourth-order valence-corrected chi connectivity index (χ4v) is 3.95. The van der Waals surface area contributed by atoms with Crippen LogP contribution in [0.25, 0.3) is 0 Å². The minimum atomic E-state index is -1.04. The van der Waals surface area contributed by atoms with Gasteiger partial charge in [0.2, 0.25) is 17.7 Å². The highest BCUT2D eigenvalue weighted by molar-refractivity contribution is 5.93. The maximum atomic E-state index is 12.8. The Morgan fingerprint density at radius 3 is 2.57 bits per heavy atom. The SMILES string of the molecule is O=C(N[C@@H](Cc1ccccc1)C(=O)NCC(=O)N1CCC[C@H]1C(=O)O)[C@@H]1CCCN1. The Morgan fingerprint density at radius 2 is 1.90 bits per heavy atom. The lowest BCUT2D eigenvalue weighted by Gasteiger charge is -2.23. The van der Waals surface area contributed by atoms with Crippen LogP contribution in [0.5, 0.6) is 0 Å². The fourth-order valence-electron chi connectivity index (χ4n) is 3.95. The molecule has 1 aromatic rings. The van der Waals surface area contributed by atoms with Gasteiger partial charge in [-0.25, -0.2) is 4.79 Å². The molecule has 0 saturated carbocycles. The number of carbonyl (C=O) groups excluding carboxylic acids is 3. The molecule has 3 rings (SSSR count). The molecule has 0 bridgehead atoms. The Kier molecular flexibility index (Phi) is 7.40. The first-order valence-electron chi connectivity index (χ1n) is 10.3. The van der Waals surface area contributed by atoms with Gasteiger partial charge in [-0.1, -0.05) is 30.3 Å². The molecule has 2 saturated heterocycles. The Bertz CT molecular complexity index is 779. The first-order chi connectivity index (χ1) is 14.5. The van der Waals surface area contributed by atoms with E-state index in [9.17, 15) is 24.3 Å². The topological polar surface area (TPSA) is 128 Å². The van der Waals surface area contributed by atoms with Gasteiger partial charge in [-0.05, 0) is 37.8 Å². The lowest BCUT2D eigenvalue weighted by atomic mass is 10.0. The van der Waals surface area contributed by atoms with Gasteiger partial charge in [0.25, 0.3) is 0 Å². The molecular formula is C21H28N4O5. The van der Waals surface area contributed by atoms with Crippen molar-refractivity contribution in [2.75, 3.05) is 19.6 Å². The maximum absolute atomic E-state index is 12.8. The van der Waals surface area contributed by atoms with Gasteiger partial charge in [0.05, 0.1) is 12.6 Å². The molecule has 30 heavy (non-hydrogen) atoms. The van der Waals surface area contributed by atoms with Crippen LogP contribution in [-0.4, -0.2) is 71.5 Å². The summed E-state index contributed by atoms with van der Waals surface area (Å²) < 4.78 is 0. The standard InChI is InChI=1S/C21H28N4O5/c26-18(25-11-5-9-17(25)21(29)30)13-23-19(27)16(12-14-6-2-1-3-7-14)24-20(28)15-8-4-10-22-15/h1-3,6-7,15-17,22H,4-5,8-13H2,(H,23,27)(H,24,28)(H,29,30)/t15-,16-,17-/m0/s1. The number of hydrogen-bond donors (Lipinski definition) is 4. The van der Waals surface area contributed by atoms with E-state index in [-0.39, 0.29) is 18.5 Å². The lowest BCUT2D eigenvalue weighted by molar-refractivity contribution is -0.148. The molecule has 0 spiro atoms. The molecule has 2 heterocycles. The minimum absolute atomic E-state index is 0.236. The van der Waals surface area contributed by atoms with Crippen molar-refractivity contribution < 1.29 is 24.3 Å². The van der Waals surface area contributed by atoms with Gasteiger partial charge in [0.15, 0.2) is 0 Å². The van der Waals surface area contributed by atoms with Crippen molar-refractivity contribution in [2.45, 2.75) is 50.2 Å². The van der Waals surface area contributed by atoms with E-state index in [1.54, 1.807) is 0 Å². The van der Waals surface area contributed by atoms with Crippen LogP contribution >= 0.6 is 0 Å². The van der Waals surface area contributed by atoms with Gasteiger partial charge in [-0.3, -0.25) is 14.4 Å². The van der Waals surface area contributed by atoms with Crippen LogP contribution in [0.4, 0.5) is 0 Å². The molecule has 1 aromatic carbocycles. The second kappa shape index (κ2) is 10.2. The number of nitrogens with one attached hydrogen (secondary N) is 3. The van der Waals surface area contributed by atoms with Crippen LogP contribution < -0.4 is 16.0 Å². The normalized spacial score (nSPS) is 21.8. The van der Waals surface area contributed by atoms with E-state index >= 15 is 0 Å². The highest BCUT2D eigenvalue weighted by Crippen LogP contribution is 2.17. The fraction of sp³-hybridized carbons (Fsp3) is 0.524. The molecule has 3 atom stereocenters. The Balaban J connectivity index is 1.61. The van der Waals surface area contributed by atoms with Crippen molar-refractivity contribution in [1.29, 1.82) is 0 Å². The zero-order valence-electron chi connectivity index (χ0n) is 16.8. The maximum Gasteiger partial charge on any atom is 0.326 e. The zero-order chi connectivity index (χ0) is 21.5. The van der Waals surface area contributed by atoms with Gasteiger partial charge < -0.3 is 26.0 Å². The third-order valence-electron chi connectivity index (χ3n) is 5.56. The molecule has 0 aliphatic carbocycles. The molecule has 3 amide bonds. The van der Waals surface area contributed by atoms with E-state index in [1.807, 2.05) is 30.3 Å². The van der Waals surface area contributed by atoms with Gasteiger partial charge in [0.1, 0.15) is 12.1 Å². The van der Waals surface area contributed by atoms with E-state index in [2.05, 4.69) is 16.0 Å². The summed E-state index contributed by atoms with van der Waals surface area (Å²) in [6.07, 6.45) is 2.95. The summed E-state index contributed by atoms with van der Waals surface area (Å²) in [4.78, 5) is 50.3. The average Bonchev–Trinajstić information content (AvgIpc) is 3.44. The summed E-state index contributed by atoms with van der Waals surface area (Å²) in [5.74, 6) is -2.18. The monoisotopic (exact) mass is 416 g/mol. The lowest BCUT2D eigenvalue weighted by Crippen LogP contribution is -2.54. The second-order valence-corrected chi connectivity index (χ2v) is 7.70. The van der Waals surface area contributed by atoms with Crippen molar-refractivity contribution in [3.63, 3.8) is 0 Å². The molecule has 4 N–H and O–H groups in total. The van der Waals surface area contributed by atoms with Crippen LogP contribution in [0.2, 0.25) is 0 Å². The molecule has 0 unspecified atom stereocenters. The molecule has 9 nitrogen and oxygen atoms in total. The van der Waals surface area contributed by atoms with E-state index in [1.165, 1.54) is 4.90 Å². The number of hydrogen-bond acceptors (Lipinski definition) is 5. The van der Waals surface area contributed by atoms with Gasteiger partial charge in [0, 0.05) is 13.0 Å². The molecule has 0 aromatic heterocycles. The molecule has 2 aliphatic heterocycles. The third-order valence-corrected chi connectivity index (χ3v) is 5.56. The predicted octanol–water partition coefficient (Wildman–Crippen LogP) is -0.342. The number of rotatable bonds is 8. The van der Waals surface area contributed by atoms with Crippen molar-refractivity contribution >= 4 is 23.7 Å². The van der Waals surface area contributed by atoms with Crippen LogP contribution in [0.1, 0.15) is 31.2 Å². The van der Waals surface area contributed by atoms with Crippen LogP contribution in [-0.2, 0) is 25.6 Å². The van der Waals surface area contributed by atoms with Crippen molar-refractivity contribution in [2.24, 2.45) is 0 Å². The van der Waals surface area contributed by atoms with Gasteiger partial charge in [-0.2, -0.15) is 0 Å². The summed E-state index contributed by atoms with van der Waals surface area (Å²) >= 11 is 0. The second-order valence-electron chi connectivity index (χ2n) is 7.70. The van der Waals surface area contributed by atoms with Crippen molar-refractivity contribution in [1.82, 2.24) is 20.9 Å². The number of carboxylic acid groups (broad SMARTS) is 1. The van der Waals surface area contributed by atoms with E-state index in [0.29, 0.717) is 25.8 Å². The Labute approximate surface area is 175 Å². The Hall–Kier alpha value is -2.94. The Morgan fingerprint density at radius 1 is 1.13 bits per heavy atom. The smallest absolute Gasteiger partial charge is 0.326 e. The van der Waals surface area contributed by atoms with Crippen LogP contribution in [0, 0.1) is 0 Å². The largest absolute Gasteiger partial charge is 0.480 e. The molecule has 9 heteroatoms. The summed E-state index contributed by atoms with van der Waals surface area (Å²) in [6.45, 7) is 0.831. The highest BCUT2D eigenvalue weighted by atomic mass is 16.4. The molecule has 2 fully saturated rings. The van der Waals surface area contributed by atoms with E-state index in [0.717, 1.165) is 24.9 Å². The van der Waals surface area contributed by atoms with Crippen molar-refractivity contribution in [3.8, 4) is 0 Å². The van der Waals surface area contributed by atoms with Gasteiger partial charge >= 0.3 is 5.97 Å². The number of benzene rings is 1. The number of nitrogens with zero attached hydrogens (tertiary/aromatic N) is 1. The van der Waals surface area contributed by atoms with Crippen LogP contribution in [0.15, 0.2) is 30.3 Å². The first kappa shape index (κ1) is 21.8. The summed E-state index contributed by atoms with van der Waals surface area (Å²) in [5.41, 5.74) is 0.883. The number of likely N-dealkylation sites (tertiary alicyclic amines) is 1. The average molecular weight is 416 g/mol. The summed E-state index contributed by atoms with van der Waals surface area (Å²) in [6, 6.07) is 7.32. The number of amides is 3. The first-order valence-corrected chi connectivity index (χ1v) is 10.3. The zero-order valence-corrected chi connectivity index (χ0v) is 16.8. The molecule has 162 valence electrons. The highest BCUT2D eigenvalue weighted by Gasteiger charge is 2.34. The number of aliphatic carboxylic acids is 1. The van der Waals surface area contributed by atoms with E-state index in [4.69, 9.17) is 0 Å². The van der Waals surface area contributed by atoms with E-state index < -0.39 is 29.9 Å².